The van der Waals surface area contributed by atoms with Crippen LogP contribution in [0.2, 0.25) is 0 Å². The molecule has 0 radical (unpaired) electrons. The Morgan fingerprint density at radius 3 is 2.48 bits per heavy atom. The minimum Gasteiger partial charge on any atom is -0.470 e. The lowest BCUT2D eigenvalue weighted by atomic mass is 9.99. The molecule has 2 aromatic heterocycles. The van der Waals surface area contributed by atoms with Crippen molar-refractivity contribution in [2.45, 2.75) is 47.6 Å². The van der Waals surface area contributed by atoms with E-state index in [9.17, 15) is 13.6 Å². The Hall–Kier alpha value is -3.03. The van der Waals surface area contributed by atoms with E-state index >= 15 is 0 Å². The molecule has 0 aliphatic carbocycles. The molecule has 1 atom stereocenters. The summed E-state index contributed by atoms with van der Waals surface area (Å²) in [6.45, 7) is 10.1. The number of hydrogen-bond acceptors (Lipinski definition) is 4. The van der Waals surface area contributed by atoms with Gasteiger partial charge in [0.15, 0.2) is 0 Å². The summed E-state index contributed by atoms with van der Waals surface area (Å²) in [5.41, 5.74) is 1.61. The highest BCUT2D eigenvalue weighted by Crippen LogP contribution is 2.23. The molecular formula is C23H28F2N4O2. The molecule has 0 saturated heterocycles. The average Bonchev–Trinajstić information content (AvgIpc) is 3.01. The third-order valence-corrected chi connectivity index (χ3v) is 4.99. The van der Waals surface area contributed by atoms with Gasteiger partial charge in [-0.2, -0.15) is 0 Å². The molecule has 0 aliphatic rings. The minimum atomic E-state index is -0.696. The maximum absolute atomic E-state index is 13.9. The van der Waals surface area contributed by atoms with E-state index in [2.05, 4.69) is 36.1 Å². The second kappa shape index (κ2) is 9.41. The molecule has 8 heteroatoms. The maximum atomic E-state index is 13.9. The molecule has 31 heavy (non-hydrogen) atoms. The van der Waals surface area contributed by atoms with E-state index in [0.717, 1.165) is 6.42 Å². The summed E-state index contributed by atoms with van der Waals surface area (Å²) < 4.78 is 35.1. The van der Waals surface area contributed by atoms with Gasteiger partial charge in [-0.05, 0) is 44.2 Å². The highest BCUT2D eigenvalue weighted by Gasteiger charge is 2.21. The first kappa shape index (κ1) is 22.7. The highest BCUT2D eigenvalue weighted by molar-refractivity contribution is 5.94. The van der Waals surface area contributed by atoms with Gasteiger partial charge in [-0.3, -0.25) is 9.20 Å². The number of carbonyl (C=O) groups is 1. The lowest BCUT2D eigenvalue weighted by Crippen LogP contribution is -2.30. The second-order valence-corrected chi connectivity index (χ2v) is 8.36. The van der Waals surface area contributed by atoms with E-state index in [1.165, 1.54) is 18.2 Å². The summed E-state index contributed by atoms with van der Waals surface area (Å²) in [6, 6.07) is 3.63. The first-order valence-corrected chi connectivity index (χ1v) is 10.4. The van der Waals surface area contributed by atoms with Crippen LogP contribution in [0.15, 0.2) is 24.4 Å². The molecule has 0 saturated carbocycles. The van der Waals surface area contributed by atoms with Crippen molar-refractivity contribution in [2.24, 2.45) is 11.8 Å². The van der Waals surface area contributed by atoms with E-state index in [-0.39, 0.29) is 24.0 Å². The number of aryl methyl sites for hydroxylation is 2. The van der Waals surface area contributed by atoms with Gasteiger partial charge in [-0.25, -0.2) is 18.7 Å². The van der Waals surface area contributed by atoms with Gasteiger partial charge in [0.2, 0.25) is 5.65 Å². The lowest BCUT2D eigenvalue weighted by Gasteiger charge is -2.15. The maximum Gasteiger partial charge on any atom is 0.270 e. The van der Waals surface area contributed by atoms with E-state index in [1.807, 2.05) is 0 Å². The zero-order valence-corrected chi connectivity index (χ0v) is 18.5. The number of rotatable bonds is 8. The second-order valence-electron chi connectivity index (χ2n) is 8.36. The SMILES string of the molecule is Cc1cn2c(C(=O)NCC(C)CC(C)C)c(C)nc2c(OCc2c(F)cccc2F)n1. The number of amides is 1. The molecule has 0 fully saturated rings. The first-order chi connectivity index (χ1) is 14.7. The van der Waals surface area contributed by atoms with Gasteiger partial charge in [0.1, 0.15) is 23.9 Å². The van der Waals surface area contributed by atoms with Crippen LogP contribution in [0.25, 0.3) is 5.65 Å². The third kappa shape index (κ3) is 5.18. The summed E-state index contributed by atoms with van der Waals surface area (Å²) >= 11 is 0. The van der Waals surface area contributed by atoms with E-state index in [0.29, 0.717) is 41.1 Å². The largest absolute Gasteiger partial charge is 0.470 e. The van der Waals surface area contributed by atoms with Crippen molar-refractivity contribution in [3.05, 3.63) is 58.7 Å². The molecule has 1 unspecified atom stereocenters. The van der Waals surface area contributed by atoms with Crippen molar-refractivity contribution in [1.29, 1.82) is 0 Å². The van der Waals surface area contributed by atoms with Crippen LogP contribution >= 0.6 is 0 Å². The standard InChI is InChI=1S/C23H28F2N4O2/c1-13(2)9-14(3)10-26-22(30)20-16(5)28-21-23(27-15(4)11-29(20)21)31-12-17-18(24)7-6-8-19(17)25/h6-8,11,13-14H,9-10,12H2,1-5H3,(H,26,30). The molecule has 0 bridgehead atoms. The normalized spacial score (nSPS) is 12.4. The van der Waals surface area contributed by atoms with Crippen LogP contribution in [0.5, 0.6) is 5.88 Å². The van der Waals surface area contributed by atoms with Crippen molar-refractivity contribution in [3.8, 4) is 5.88 Å². The molecule has 3 aromatic rings. The van der Waals surface area contributed by atoms with Gasteiger partial charge in [0, 0.05) is 12.7 Å². The molecule has 1 N–H and O–H groups in total. The van der Waals surface area contributed by atoms with Gasteiger partial charge >= 0.3 is 0 Å². The Bertz CT molecular complexity index is 1070. The number of ether oxygens (including phenoxy) is 1. The molecule has 3 rings (SSSR count). The Balaban J connectivity index is 1.86. The van der Waals surface area contributed by atoms with Crippen LogP contribution in [0, 0.1) is 37.3 Å². The monoisotopic (exact) mass is 430 g/mol. The third-order valence-electron chi connectivity index (χ3n) is 4.99. The van der Waals surface area contributed by atoms with Crippen molar-refractivity contribution in [2.75, 3.05) is 6.54 Å². The van der Waals surface area contributed by atoms with E-state index in [1.54, 1.807) is 24.4 Å². The Kier molecular flexibility index (Phi) is 6.87. The number of hydrogen-bond donors (Lipinski definition) is 1. The molecule has 2 heterocycles. The van der Waals surface area contributed by atoms with Crippen LogP contribution in [0.3, 0.4) is 0 Å². The molecule has 6 nitrogen and oxygen atoms in total. The topological polar surface area (TPSA) is 68.5 Å². The summed E-state index contributed by atoms with van der Waals surface area (Å²) in [4.78, 5) is 21.6. The van der Waals surface area contributed by atoms with Crippen LogP contribution in [0.1, 0.15) is 54.6 Å². The number of imidazole rings is 1. The van der Waals surface area contributed by atoms with Crippen molar-refractivity contribution in [3.63, 3.8) is 0 Å². The molecule has 0 aliphatic heterocycles. The average molecular weight is 430 g/mol. The fourth-order valence-corrected chi connectivity index (χ4v) is 3.67. The zero-order chi connectivity index (χ0) is 22.7. The number of nitrogens with zero attached hydrogens (tertiary/aromatic N) is 3. The molecule has 1 amide bonds. The number of halogens is 2. The predicted molar refractivity (Wildman–Crippen MR) is 114 cm³/mol. The van der Waals surface area contributed by atoms with Crippen LogP contribution in [0.4, 0.5) is 8.78 Å². The van der Waals surface area contributed by atoms with Crippen LogP contribution in [-0.4, -0.2) is 26.8 Å². The first-order valence-electron chi connectivity index (χ1n) is 10.4. The van der Waals surface area contributed by atoms with Crippen molar-refractivity contribution in [1.82, 2.24) is 19.7 Å². The Labute approximate surface area is 180 Å². The quantitative estimate of drug-likeness (QED) is 0.566. The fourth-order valence-electron chi connectivity index (χ4n) is 3.67. The van der Waals surface area contributed by atoms with Crippen LogP contribution in [-0.2, 0) is 6.61 Å². The van der Waals surface area contributed by atoms with Gasteiger partial charge in [0.05, 0.1) is 17.0 Å². The molecular weight excluding hydrogens is 402 g/mol. The number of benzene rings is 1. The van der Waals surface area contributed by atoms with Gasteiger partial charge < -0.3 is 10.1 Å². The smallest absolute Gasteiger partial charge is 0.270 e. The molecule has 0 spiro atoms. The Morgan fingerprint density at radius 2 is 1.84 bits per heavy atom. The summed E-state index contributed by atoms with van der Waals surface area (Å²) in [5.74, 6) is -0.619. The van der Waals surface area contributed by atoms with E-state index < -0.39 is 11.6 Å². The zero-order valence-electron chi connectivity index (χ0n) is 18.5. The van der Waals surface area contributed by atoms with Gasteiger partial charge in [-0.15, -0.1) is 0 Å². The summed E-state index contributed by atoms with van der Waals surface area (Å²) in [5, 5.41) is 2.97. The summed E-state index contributed by atoms with van der Waals surface area (Å²) in [6.07, 6.45) is 2.71. The van der Waals surface area contributed by atoms with Gasteiger partial charge in [-0.1, -0.05) is 26.8 Å². The predicted octanol–water partition coefficient (Wildman–Crippen LogP) is 4.62. The lowest BCUT2D eigenvalue weighted by molar-refractivity contribution is 0.0940. The van der Waals surface area contributed by atoms with Crippen molar-refractivity contribution >= 4 is 11.6 Å². The number of nitrogens with one attached hydrogen (secondary N) is 1. The number of carbonyl (C=O) groups excluding carboxylic acids is 1. The fraction of sp³-hybridized carbons (Fsp3) is 0.435. The van der Waals surface area contributed by atoms with Crippen molar-refractivity contribution < 1.29 is 18.3 Å². The van der Waals surface area contributed by atoms with E-state index in [4.69, 9.17) is 4.74 Å². The Morgan fingerprint density at radius 1 is 1.16 bits per heavy atom. The number of fused-ring (bicyclic) bond motifs is 1. The molecule has 166 valence electrons. The highest BCUT2D eigenvalue weighted by atomic mass is 19.1. The van der Waals surface area contributed by atoms with Gasteiger partial charge in [0.25, 0.3) is 11.8 Å². The minimum absolute atomic E-state index is 0.109. The number of aromatic nitrogens is 3. The molecule has 1 aromatic carbocycles. The summed E-state index contributed by atoms with van der Waals surface area (Å²) in [7, 11) is 0. The van der Waals surface area contributed by atoms with Crippen LogP contribution < -0.4 is 10.1 Å².